The maximum Gasteiger partial charge on any atom is 0.167 e. The fraction of sp³-hybridized carbons (Fsp3) is 0.0714. The number of hydrogen-bond donors (Lipinski definition) is 0. The van der Waals surface area contributed by atoms with Crippen LogP contribution in [0, 0.1) is 5.82 Å². The van der Waals surface area contributed by atoms with Gasteiger partial charge in [0.25, 0.3) is 0 Å². The summed E-state index contributed by atoms with van der Waals surface area (Å²) < 4.78 is 12.7. The Morgan fingerprint density at radius 3 is 2.47 bits per heavy atom. The molecule has 86 valence electrons. The third kappa shape index (κ3) is 3.14. The Balaban J connectivity index is 2.14. The molecular weight excluding hydrogens is 239 g/mol. The molecule has 0 aliphatic rings. The van der Waals surface area contributed by atoms with E-state index in [0.29, 0.717) is 10.6 Å². The molecule has 0 amide bonds. The van der Waals surface area contributed by atoms with Gasteiger partial charge in [-0.05, 0) is 42.0 Å². The van der Waals surface area contributed by atoms with Crippen LogP contribution >= 0.6 is 11.6 Å². The normalized spacial score (nSPS) is 10.2. The van der Waals surface area contributed by atoms with Crippen LogP contribution in [0.5, 0.6) is 0 Å². The fourth-order valence-electron chi connectivity index (χ4n) is 1.57. The van der Waals surface area contributed by atoms with E-state index >= 15 is 0 Å². The number of hydrogen-bond acceptors (Lipinski definition) is 1. The van der Waals surface area contributed by atoms with Gasteiger partial charge in [0.2, 0.25) is 0 Å². The molecule has 2 aromatic carbocycles. The second-order valence-electron chi connectivity index (χ2n) is 3.74. The van der Waals surface area contributed by atoms with E-state index in [1.54, 1.807) is 18.2 Å². The Bertz CT molecular complexity index is 534. The highest BCUT2D eigenvalue weighted by Crippen LogP contribution is 2.13. The summed E-state index contributed by atoms with van der Waals surface area (Å²) in [6, 6.07) is 12.7. The van der Waals surface area contributed by atoms with Crippen LogP contribution in [0.3, 0.4) is 0 Å². The lowest BCUT2D eigenvalue weighted by molar-refractivity contribution is 0.0993. The van der Waals surface area contributed by atoms with Crippen LogP contribution in [0.2, 0.25) is 5.02 Å². The van der Waals surface area contributed by atoms with Gasteiger partial charge in [-0.2, -0.15) is 0 Å². The van der Waals surface area contributed by atoms with Crippen molar-refractivity contribution in [2.75, 3.05) is 0 Å². The molecule has 0 aromatic heterocycles. The van der Waals surface area contributed by atoms with Crippen LogP contribution < -0.4 is 0 Å². The summed E-state index contributed by atoms with van der Waals surface area (Å²) in [5.74, 6) is -0.392. The summed E-state index contributed by atoms with van der Waals surface area (Å²) in [6.07, 6.45) is 0.270. The number of Topliss-reactive ketones (excluding diaryl/α,β-unsaturated/α-hetero) is 1. The highest BCUT2D eigenvalue weighted by atomic mass is 35.5. The van der Waals surface area contributed by atoms with Crippen molar-refractivity contribution in [3.05, 3.63) is 70.5 Å². The molecule has 0 N–H and O–H groups in total. The van der Waals surface area contributed by atoms with Gasteiger partial charge in [0.15, 0.2) is 5.78 Å². The molecule has 17 heavy (non-hydrogen) atoms. The van der Waals surface area contributed by atoms with Crippen molar-refractivity contribution < 1.29 is 9.18 Å². The van der Waals surface area contributed by atoms with E-state index in [1.165, 1.54) is 24.3 Å². The Kier molecular flexibility index (Phi) is 3.55. The van der Waals surface area contributed by atoms with Crippen molar-refractivity contribution in [3.63, 3.8) is 0 Å². The molecule has 0 bridgehead atoms. The second kappa shape index (κ2) is 5.11. The first-order valence-electron chi connectivity index (χ1n) is 5.18. The summed E-state index contributed by atoms with van der Waals surface area (Å²) in [5.41, 5.74) is 1.36. The van der Waals surface area contributed by atoms with E-state index in [1.807, 2.05) is 6.07 Å². The molecule has 0 aliphatic heterocycles. The van der Waals surface area contributed by atoms with E-state index in [-0.39, 0.29) is 18.0 Å². The summed E-state index contributed by atoms with van der Waals surface area (Å²) in [6.45, 7) is 0. The summed E-state index contributed by atoms with van der Waals surface area (Å²) in [7, 11) is 0. The highest BCUT2D eigenvalue weighted by Gasteiger charge is 2.07. The van der Waals surface area contributed by atoms with Gasteiger partial charge in [0, 0.05) is 17.0 Å². The summed E-state index contributed by atoms with van der Waals surface area (Å²) >= 11 is 5.83. The zero-order chi connectivity index (χ0) is 12.3. The molecule has 0 saturated heterocycles. The van der Waals surface area contributed by atoms with Crippen molar-refractivity contribution >= 4 is 17.4 Å². The van der Waals surface area contributed by atoms with Crippen LogP contribution in [-0.2, 0) is 6.42 Å². The molecule has 0 atom stereocenters. The van der Waals surface area contributed by atoms with E-state index in [2.05, 4.69) is 0 Å². The predicted molar refractivity (Wildman–Crippen MR) is 65.9 cm³/mol. The Morgan fingerprint density at radius 1 is 1.12 bits per heavy atom. The van der Waals surface area contributed by atoms with Gasteiger partial charge in [0.1, 0.15) is 5.82 Å². The standard InChI is InChI=1S/C14H10ClFO/c15-12-3-1-2-10(8-12)9-14(17)11-4-6-13(16)7-5-11/h1-8H,9H2. The SMILES string of the molecule is O=C(Cc1cccc(Cl)c1)c1ccc(F)cc1. The minimum absolute atomic E-state index is 0.0488. The molecule has 0 radical (unpaired) electrons. The first-order chi connectivity index (χ1) is 8.15. The number of carbonyl (C=O) groups is 1. The van der Waals surface area contributed by atoms with Gasteiger partial charge >= 0.3 is 0 Å². The Labute approximate surface area is 104 Å². The van der Waals surface area contributed by atoms with Crippen molar-refractivity contribution in [3.8, 4) is 0 Å². The van der Waals surface area contributed by atoms with E-state index in [0.717, 1.165) is 5.56 Å². The minimum atomic E-state index is -0.343. The zero-order valence-electron chi connectivity index (χ0n) is 8.99. The lowest BCUT2D eigenvalue weighted by Gasteiger charge is -2.02. The van der Waals surface area contributed by atoms with Gasteiger partial charge in [-0.3, -0.25) is 4.79 Å². The molecule has 1 nitrogen and oxygen atoms in total. The Morgan fingerprint density at radius 2 is 1.82 bits per heavy atom. The average Bonchev–Trinajstić information content (AvgIpc) is 2.29. The first kappa shape index (κ1) is 11.8. The molecule has 0 fully saturated rings. The monoisotopic (exact) mass is 248 g/mol. The number of halogens is 2. The van der Waals surface area contributed by atoms with E-state index in [9.17, 15) is 9.18 Å². The molecule has 2 aromatic rings. The molecule has 3 heteroatoms. The van der Waals surface area contributed by atoms with E-state index < -0.39 is 0 Å². The highest BCUT2D eigenvalue weighted by molar-refractivity contribution is 6.30. The van der Waals surface area contributed by atoms with Gasteiger partial charge in [-0.1, -0.05) is 23.7 Å². The van der Waals surface area contributed by atoms with E-state index in [4.69, 9.17) is 11.6 Å². The number of ketones is 1. The molecule has 0 unspecified atom stereocenters. The molecule has 0 saturated carbocycles. The topological polar surface area (TPSA) is 17.1 Å². The van der Waals surface area contributed by atoms with Crippen molar-refractivity contribution in [1.29, 1.82) is 0 Å². The van der Waals surface area contributed by atoms with Gasteiger partial charge in [0.05, 0.1) is 0 Å². The van der Waals surface area contributed by atoms with Crippen molar-refractivity contribution in [2.45, 2.75) is 6.42 Å². The quantitative estimate of drug-likeness (QED) is 0.753. The molecule has 0 heterocycles. The maximum atomic E-state index is 12.7. The number of rotatable bonds is 3. The smallest absolute Gasteiger partial charge is 0.167 e. The minimum Gasteiger partial charge on any atom is -0.294 e. The number of benzene rings is 2. The van der Waals surface area contributed by atoms with Crippen LogP contribution in [0.15, 0.2) is 48.5 Å². The lowest BCUT2D eigenvalue weighted by atomic mass is 10.0. The third-order valence-electron chi connectivity index (χ3n) is 2.42. The van der Waals surface area contributed by atoms with Crippen LogP contribution in [-0.4, -0.2) is 5.78 Å². The Hall–Kier alpha value is -1.67. The van der Waals surface area contributed by atoms with Gasteiger partial charge < -0.3 is 0 Å². The van der Waals surface area contributed by atoms with Crippen LogP contribution in [0.1, 0.15) is 15.9 Å². The zero-order valence-corrected chi connectivity index (χ0v) is 9.75. The summed E-state index contributed by atoms with van der Waals surface area (Å²) in [4.78, 5) is 11.9. The molecule has 0 spiro atoms. The van der Waals surface area contributed by atoms with Crippen molar-refractivity contribution in [2.24, 2.45) is 0 Å². The third-order valence-corrected chi connectivity index (χ3v) is 2.66. The van der Waals surface area contributed by atoms with Gasteiger partial charge in [-0.15, -0.1) is 0 Å². The largest absolute Gasteiger partial charge is 0.294 e. The predicted octanol–water partition coefficient (Wildman–Crippen LogP) is 3.90. The molecular formula is C14H10ClFO. The average molecular weight is 249 g/mol. The van der Waals surface area contributed by atoms with Gasteiger partial charge in [-0.25, -0.2) is 4.39 Å². The van der Waals surface area contributed by atoms with Crippen LogP contribution in [0.25, 0.3) is 0 Å². The number of carbonyl (C=O) groups excluding carboxylic acids is 1. The maximum absolute atomic E-state index is 12.7. The first-order valence-corrected chi connectivity index (χ1v) is 5.56. The lowest BCUT2D eigenvalue weighted by Crippen LogP contribution is -2.03. The van der Waals surface area contributed by atoms with Crippen LogP contribution in [0.4, 0.5) is 4.39 Å². The molecule has 0 aliphatic carbocycles. The molecule has 2 rings (SSSR count). The second-order valence-corrected chi connectivity index (χ2v) is 4.17. The van der Waals surface area contributed by atoms with Crippen molar-refractivity contribution in [1.82, 2.24) is 0 Å². The summed E-state index contributed by atoms with van der Waals surface area (Å²) in [5, 5.41) is 0.606. The fourth-order valence-corrected chi connectivity index (χ4v) is 1.78.